The fourth-order valence-electron chi connectivity index (χ4n) is 2.76. The van der Waals surface area contributed by atoms with Crippen molar-refractivity contribution in [2.75, 3.05) is 19.5 Å². The molecule has 6 heteroatoms. The summed E-state index contributed by atoms with van der Waals surface area (Å²) in [7, 11) is 0.481. The number of thioether (sulfide) groups is 1. The number of esters is 1. The molecule has 2 atom stereocenters. The van der Waals surface area contributed by atoms with E-state index in [1.54, 1.807) is 14.0 Å². The third kappa shape index (κ3) is 7.05. The molecule has 0 aliphatic carbocycles. The molecule has 4 nitrogen and oxygen atoms in total. The van der Waals surface area contributed by atoms with Crippen LogP contribution in [0.2, 0.25) is 0 Å². The topological polar surface area (TPSA) is 52.6 Å². The number of ether oxygens (including phenoxy) is 2. The van der Waals surface area contributed by atoms with Crippen molar-refractivity contribution in [2.45, 2.75) is 36.2 Å². The number of hydrogen-bond acceptors (Lipinski definition) is 5. The highest BCUT2D eigenvalue weighted by molar-refractivity contribution is 8.00. The third-order valence-corrected chi connectivity index (χ3v) is 7.14. The molecular formula is C23H28O4S2. The quantitative estimate of drug-likeness (QED) is 0.390. The van der Waals surface area contributed by atoms with Crippen molar-refractivity contribution < 1.29 is 18.5 Å². The van der Waals surface area contributed by atoms with E-state index in [2.05, 4.69) is 0 Å². The number of carbonyl (C=O) groups excluding carboxylic acids is 1. The first-order chi connectivity index (χ1) is 13.9. The summed E-state index contributed by atoms with van der Waals surface area (Å²) in [5, 5.41) is 0. The molecule has 156 valence electrons. The van der Waals surface area contributed by atoms with E-state index in [0.29, 0.717) is 18.1 Å². The summed E-state index contributed by atoms with van der Waals surface area (Å²) in [6, 6.07) is 17.1. The highest BCUT2D eigenvalue weighted by Crippen LogP contribution is 2.33. The molecule has 0 saturated carbocycles. The highest BCUT2D eigenvalue weighted by atomic mass is 32.2. The first-order valence-electron chi connectivity index (χ1n) is 9.44. The van der Waals surface area contributed by atoms with E-state index in [9.17, 15) is 9.00 Å². The van der Waals surface area contributed by atoms with Crippen LogP contribution in [0.15, 0.2) is 71.1 Å². The van der Waals surface area contributed by atoms with Crippen LogP contribution in [0.25, 0.3) is 0 Å². The van der Waals surface area contributed by atoms with Crippen molar-refractivity contribution in [1.29, 1.82) is 0 Å². The van der Waals surface area contributed by atoms with Crippen LogP contribution in [0.1, 0.15) is 26.3 Å². The van der Waals surface area contributed by atoms with Gasteiger partial charge in [0.25, 0.3) is 0 Å². The fraction of sp³-hybridized carbons (Fsp3) is 0.348. The molecule has 0 fully saturated rings. The Balaban J connectivity index is 2.15. The maximum Gasteiger partial charge on any atom is 0.325 e. The van der Waals surface area contributed by atoms with Crippen molar-refractivity contribution in [1.82, 2.24) is 0 Å². The van der Waals surface area contributed by atoms with E-state index in [0.717, 1.165) is 21.8 Å². The van der Waals surface area contributed by atoms with E-state index in [-0.39, 0.29) is 5.97 Å². The van der Waals surface area contributed by atoms with Crippen LogP contribution in [0.4, 0.5) is 0 Å². The molecule has 0 aromatic heterocycles. The molecule has 0 heterocycles. The number of carbonyl (C=O) groups is 1. The van der Waals surface area contributed by atoms with Gasteiger partial charge in [0.15, 0.2) is 0 Å². The summed E-state index contributed by atoms with van der Waals surface area (Å²) in [4.78, 5) is 13.5. The summed E-state index contributed by atoms with van der Waals surface area (Å²) in [5.41, 5.74) is 1.98. The van der Waals surface area contributed by atoms with Crippen molar-refractivity contribution >= 4 is 28.5 Å². The zero-order valence-corrected chi connectivity index (χ0v) is 19.0. The van der Waals surface area contributed by atoms with Gasteiger partial charge in [0.2, 0.25) is 0 Å². The second-order valence-electron chi connectivity index (χ2n) is 6.76. The van der Waals surface area contributed by atoms with Crippen LogP contribution in [0.5, 0.6) is 5.75 Å². The average molecular weight is 433 g/mol. The van der Waals surface area contributed by atoms with Crippen LogP contribution in [-0.2, 0) is 26.1 Å². The van der Waals surface area contributed by atoms with Gasteiger partial charge >= 0.3 is 5.97 Å². The predicted molar refractivity (Wildman–Crippen MR) is 121 cm³/mol. The zero-order valence-electron chi connectivity index (χ0n) is 17.3. The van der Waals surface area contributed by atoms with Crippen molar-refractivity contribution in [3.8, 4) is 5.75 Å². The summed E-state index contributed by atoms with van der Waals surface area (Å²) < 4.78 is 22.3. The Morgan fingerprint density at radius 3 is 2.38 bits per heavy atom. The fourth-order valence-corrected chi connectivity index (χ4v) is 5.01. The molecule has 0 aliphatic heterocycles. The molecule has 1 unspecified atom stereocenters. The maximum atomic E-state index is 12.7. The molecule has 0 amide bonds. The normalized spacial score (nSPS) is 14.7. The van der Waals surface area contributed by atoms with E-state index in [1.807, 2.05) is 74.5 Å². The average Bonchev–Trinajstić information content (AvgIpc) is 2.73. The maximum absolute atomic E-state index is 12.7. The van der Waals surface area contributed by atoms with E-state index in [1.165, 1.54) is 11.8 Å². The van der Waals surface area contributed by atoms with Crippen molar-refractivity contribution in [3.63, 3.8) is 0 Å². The molecule has 2 rings (SSSR count). The Hall–Kier alpha value is -2.05. The van der Waals surface area contributed by atoms with Gasteiger partial charge in [-0.15, -0.1) is 11.8 Å². The SMILES string of the molecule is CCOC(=O)[C@](C)(/C=C(\C)CS(=O)c1ccccc1)SCc1ccc(OC)cc1. The van der Waals surface area contributed by atoms with Gasteiger partial charge in [0.05, 0.1) is 24.5 Å². The summed E-state index contributed by atoms with van der Waals surface area (Å²) in [6.07, 6.45) is 1.89. The van der Waals surface area contributed by atoms with Crippen LogP contribution in [0.3, 0.4) is 0 Å². The molecule has 0 radical (unpaired) electrons. The first-order valence-corrected chi connectivity index (χ1v) is 11.7. The lowest BCUT2D eigenvalue weighted by molar-refractivity contribution is -0.144. The van der Waals surface area contributed by atoms with Gasteiger partial charge in [-0.1, -0.05) is 42.0 Å². The van der Waals surface area contributed by atoms with Gasteiger partial charge in [0.1, 0.15) is 10.5 Å². The van der Waals surface area contributed by atoms with Gasteiger partial charge < -0.3 is 9.47 Å². The first kappa shape index (κ1) is 23.2. The molecule has 29 heavy (non-hydrogen) atoms. The van der Waals surface area contributed by atoms with Crippen molar-refractivity contribution in [3.05, 3.63) is 71.8 Å². The molecule has 0 aliphatic rings. The highest BCUT2D eigenvalue weighted by Gasteiger charge is 2.33. The van der Waals surface area contributed by atoms with Crippen LogP contribution >= 0.6 is 11.8 Å². The van der Waals surface area contributed by atoms with Gasteiger partial charge in [-0.25, -0.2) is 0 Å². The standard InChI is InChI=1S/C23H28O4S2/c1-5-27-22(24)23(3,28-16-19-11-13-20(26-4)14-12-19)15-18(2)17-29(25)21-9-7-6-8-10-21/h6-15H,5,16-17H2,1-4H3/b18-15+/t23-,29?/m0/s1. The van der Waals surface area contributed by atoms with Crippen LogP contribution in [0, 0.1) is 0 Å². The lowest BCUT2D eigenvalue weighted by Crippen LogP contribution is -2.32. The smallest absolute Gasteiger partial charge is 0.325 e. The number of benzene rings is 2. The zero-order chi connectivity index (χ0) is 21.3. The van der Waals surface area contributed by atoms with Crippen LogP contribution in [-0.4, -0.2) is 34.4 Å². The summed E-state index contributed by atoms with van der Waals surface area (Å²) in [5.74, 6) is 1.53. The molecule has 2 aromatic carbocycles. The third-order valence-electron chi connectivity index (χ3n) is 4.27. The molecular weight excluding hydrogens is 404 g/mol. The predicted octanol–water partition coefficient (Wildman–Crippen LogP) is 5.00. The lowest BCUT2D eigenvalue weighted by atomic mass is 10.1. The second-order valence-corrected chi connectivity index (χ2v) is 9.63. The molecule has 0 N–H and O–H groups in total. The van der Waals surface area contributed by atoms with Crippen molar-refractivity contribution in [2.24, 2.45) is 0 Å². The van der Waals surface area contributed by atoms with Gasteiger partial charge in [-0.3, -0.25) is 9.00 Å². The minimum atomic E-state index is -1.15. The van der Waals surface area contributed by atoms with E-state index < -0.39 is 15.5 Å². The molecule has 0 saturated heterocycles. The summed E-state index contributed by atoms with van der Waals surface area (Å²) in [6.45, 7) is 5.88. The number of hydrogen-bond donors (Lipinski definition) is 0. The Bertz CT molecular complexity index is 847. The molecule has 2 aromatic rings. The second kappa shape index (κ2) is 11.2. The summed E-state index contributed by atoms with van der Waals surface area (Å²) >= 11 is 1.50. The molecule has 0 spiro atoms. The Morgan fingerprint density at radius 2 is 1.79 bits per heavy atom. The Morgan fingerprint density at radius 1 is 1.14 bits per heavy atom. The largest absolute Gasteiger partial charge is 0.497 e. The minimum Gasteiger partial charge on any atom is -0.497 e. The lowest BCUT2D eigenvalue weighted by Gasteiger charge is -2.24. The van der Waals surface area contributed by atoms with Gasteiger partial charge in [0, 0.05) is 16.4 Å². The molecule has 0 bridgehead atoms. The Kier molecular flexibility index (Phi) is 8.99. The Labute approximate surface area is 180 Å². The monoisotopic (exact) mass is 432 g/mol. The number of methoxy groups -OCH3 is 1. The van der Waals surface area contributed by atoms with E-state index >= 15 is 0 Å². The van der Waals surface area contributed by atoms with E-state index in [4.69, 9.17) is 9.47 Å². The van der Waals surface area contributed by atoms with Gasteiger partial charge in [-0.2, -0.15) is 0 Å². The van der Waals surface area contributed by atoms with Crippen LogP contribution < -0.4 is 4.74 Å². The minimum absolute atomic E-state index is 0.289. The number of rotatable bonds is 10. The van der Waals surface area contributed by atoms with Gasteiger partial charge in [-0.05, 0) is 50.6 Å².